The van der Waals surface area contributed by atoms with E-state index in [4.69, 9.17) is 40.3 Å². The highest BCUT2D eigenvalue weighted by atomic mass is 16.5. The number of ether oxygens (including phenoxy) is 5. The largest absolute Gasteiger partial charge is 0.489 e. The summed E-state index contributed by atoms with van der Waals surface area (Å²) in [6, 6.07) is 109. The minimum absolute atomic E-state index is 0.0137. The van der Waals surface area contributed by atoms with Crippen LogP contribution in [-0.2, 0) is 79.5 Å². The van der Waals surface area contributed by atoms with Gasteiger partial charge in [-0.05, 0) is 171 Å². The predicted octanol–water partition coefficient (Wildman–Crippen LogP) is 16.1. The number of aromatic amines is 1. The minimum Gasteiger partial charge on any atom is -0.489 e. The summed E-state index contributed by atoms with van der Waals surface area (Å²) in [4.78, 5) is 141. The summed E-state index contributed by atoms with van der Waals surface area (Å²) < 4.78 is 28.8. The number of carbonyl (C=O) groups is 11. The van der Waals surface area contributed by atoms with Gasteiger partial charge in [-0.15, -0.1) is 10.2 Å². The highest BCUT2D eigenvalue weighted by Crippen LogP contribution is 2.35. The fourth-order valence-electron chi connectivity index (χ4n) is 15.9. The van der Waals surface area contributed by atoms with Crippen molar-refractivity contribution >= 4 is 65.1 Å². The third-order valence-corrected chi connectivity index (χ3v) is 23.3. The molecule has 7 N–H and O–H groups in total. The lowest BCUT2D eigenvalue weighted by Gasteiger charge is -2.23. The van der Waals surface area contributed by atoms with E-state index in [0.717, 1.165) is 76.3 Å². The van der Waals surface area contributed by atoms with Gasteiger partial charge in [-0.1, -0.05) is 266 Å². The van der Waals surface area contributed by atoms with Crippen LogP contribution < -0.4 is 35.2 Å². The number of primary amides is 1. The topological polar surface area (TPSA) is 418 Å². The number of aromatic nitrogens is 4. The normalized spacial score (nSPS) is 13.5. The number of nitrogens with zero attached hydrogens (tertiary/aromatic N) is 8. The molecule has 0 radical (unpaired) electrons. The summed E-state index contributed by atoms with van der Waals surface area (Å²) in [6.45, 7) is 2.32. The molecule has 4 aliphatic heterocycles. The molecular formula is C112H93N11O18. The molecule has 0 saturated heterocycles. The number of tetrazole rings is 1. The SMILES string of the molecule is N#C[C@H](Cc1ccc(OCc2ccccc2)cc1)N1C(=O)c2ccccc2C1=O.NC(=O)[C@H](Cc1ccc(OCc2ccccc2)cc1)N1C(=O)c2ccccc2C1=O.N[C@@H](Cc1ccc(OCc2ccccc2)cc1)C(=O)O.O=C(O)[C@H](Cc1ccc(OCc2ccccc2)cc1)N1C(=O)c2ccccc2C1=O.O=C1c2ccccc2C(=O)N1[C@@H](Cc1ccc(OCc2ccccc2)cc1)c1nn[nH]n1. The lowest BCUT2D eigenvalue weighted by molar-refractivity contribution is -0.141. The van der Waals surface area contributed by atoms with Crippen molar-refractivity contribution in [1.29, 1.82) is 5.26 Å². The van der Waals surface area contributed by atoms with Crippen LogP contribution in [0.15, 0.2) is 370 Å². The lowest BCUT2D eigenvalue weighted by atomic mass is 10.0. The van der Waals surface area contributed by atoms with Crippen LogP contribution in [0.3, 0.4) is 0 Å². The number of hydrogen-bond donors (Lipinski definition) is 5. The van der Waals surface area contributed by atoms with Gasteiger partial charge in [0.2, 0.25) is 5.91 Å². The van der Waals surface area contributed by atoms with Crippen LogP contribution in [0.2, 0.25) is 0 Å². The smallest absolute Gasteiger partial charge is 0.327 e. The van der Waals surface area contributed by atoms with E-state index in [1.54, 1.807) is 133 Å². The van der Waals surface area contributed by atoms with Crippen molar-refractivity contribution in [2.45, 2.75) is 95.3 Å². The number of hydrogen-bond acceptors (Lipinski definition) is 21. The molecule has 0 unspecified atom stereocenters. The highest BCUT2D eigenvalue weighted by molar-refractivity contribution is 6.25. The Kier molecular flexibility index (Phi) is 32.2. The molecular weight excluding hydrogens is 1790 g/mol. The second kappa shape index (κ2) is 46.7. The van der Waals surface area contributed by atoms with Gasteiger partial charge in [-0.2, -0.15) is 10.5 Å². The molecule has 9 amide bonds. The number of imide groups is 4. The summed E-state index contributed by atoms with van der Waals surface area (Å²) in [7, 11) is 0. The van der Waals surface area contributed by atoms with Gasteiger partial charge in [0.15, 0.2) is 5.82 Å². The van der Waals surface area contributed by atoms with Gasteiger partial charge in [0.25, 0.3) is 47.3 Å². The third-order valence-electron chi connectivity index (χ3n) is 23.3. The Balaban J connectivity index is 0.000000134. The van der Waals surface area contributed by atoms with Crippen LogP contribution in [0.4, 0.5) is 0 Å². The summed E-state index contributed by atoms with van der Waals surface area (Å²) in [5.41, 5.74) is 23.0. The average molecular weight is 1880 g/mol. The summed E-state index contributed by atoms with van der Waals surface area (Å²) in [5.74, 6) is -2.84. The summed E-state index contributed by atoms with van der Waals surface area (Å²) in [5, 5.41) is 42.2. The molecule has 29 heteroatoms. The second-order valence-corrected chi connectivity index (χ2v) is 32.9. The number of aliphatic carboxylic acids is 2. The molecule has 0 fully saturated rings. The Labute approximate surface area is 810 Å². The van der Waals surface area contributed by atoms with Crippen LogP contribution in [0, 0.1) is 11.3 Å². The molecule has 0 saturated carbocycles. The number of nitrogens with one attached hydrogen (secondary N) is 1. The zero-order valence-electron chi connectivity index (χ0n) is 75.8. The summed E-state index contributed by atoms with van der Waals surface area (Å²) in [6.07, 6.45) is 1.08. The third kappa shape index (κ3) is 24.6. The number of amides is 9. The van der Waals surface area contributed by atoms with Crippen molar-refractivity contribution < 1.29 is 86.6 Å². The van der Waals surface area contributed by atoms with Crippen molar-refractivity contribution in [3.63, 3.8) is 0 Å². The van der Waals surface area contributed by atoms with Crippen LogP contribution in [0.25, 0.3) is 0 Å². The van der Waals surface area contributed by atoms with Crippen molar-refractivity contribution in [3.8, 4) is 34.8 Å². The second-order valence-electron chi connectivity index (χ2n) is 32.9. The van der Waals surface area contributed by atoms with Crippen molar-refractivity contribution in [2.75, 3.05) is 0 Å². The number of fused-ring (bicyclic) bond motifs is 4. The van der Waals surface area contributed by atoms with E-state index in [1.807, 2.05) is 224 Å². The number of nitriles is 1. The van der Waals surface area contributed by atoms with Crippen LogP contribution >= 0.6 is 0 Å². The Morgan fingerprint density at radius 2 is 0.539 bits per heavy atom. The van der Waals surface area contributed by atoms with Crippen LogP contribution in [0.5, 0.6) is 28.7 Å². The molecule has 5 atom stereocenters. The van der Waals surface area contributed by atoms with Gasteiger partial charge < -0.3 is 45.4 Å². The van der Waals surface area contributed by atoms with E-state index < -0.39 is 83.5 Å². The molecule has 1 aromatic heterocycles. The standard InChI is InChI=1S/C24H19N5O3.C24H20N2O4.C24H18N2O3.C24H19NO5.C16H17NO3/c30-23-19-8-4-5-9-20(19)24(31)29(23)21(22-25-27-28-26-22)14-16-10-12-18(13-11-16)32-15-17-6-2-1-3-7-17;25-22(27)21(26-23(28)19-8-4-5-9-20(19)24(26)29)14-16-10-12-18(13-11-16)30-15-17-6-2-1-3-7-17;25-15-19(26-23(27)21-8-4-5-9-22(21)24(26)28)14-17-10-12-20(13-11-17)29-16-18-6-2-1-3-7-18;26-22-19-8-4-5-9-20(19)23(27)25(22)21(24(28)29)14-16-10-12-18(13-11-16)30-15-17-6-2-1-3-7-17;17-15(16(18)19)10-12-6-8-14(9-7-12)20-11-13-4-2-1-3-5-13/h1-13,21H,14-15H2,(H,25,26,27,28);1-13,21H,14-15H2,(H2,25,27);1-13,19H,14,16H2;1-13,21H,14-15H2,(H,28,29);1-9,15H,10-11,17H2,(H,18,19)/t2*21-;19-;21-;15-/m00000/s1. The molecule has 0 aliphatic carbocycles. The number of carboxylic acids is 2. The van der Waals surface area contributed by atoms with Gasteiger partial charge in [-0.25, -0.2) is 4.79 Å². The van der Waals surface area contributed by atoms with Crippen molar-refractivity contribution in [3.05, 3.63) is 476 Å². The fraction of sp³-hybridized carbons (Fsp3) is 0.134. The molecule has 15 aromatic rings. The zero-order valence-corrected chi connectivity index (χ0v) is 75.8. The van der Waals surface area contributed by atoms with Gasteiger partial charge in [0.1, 0.15) is 92.0 Å². The number of rotatable bonds is 33. The van der Waals surface area contributed by atoms with E-state index in [-0.39, 0.29) is 48.0 Å². The van der Waals surface area contributed by atoms with Gasteiger partial charge in [0.05, 0.1) is 50.6 Å². The number of nitrogens with two attached hydrogens (primary N) is 2. The maximum atomic E-state index is 13.0. The lowest BCUT2D eigenvalue weighted by Crippen LogP contribution is -2.49. The van der Waals surface area contributed by atoms with Crippen LogP contribution in [0.1, 0.15) is 150 Å². The first-order valence-corrected chi connectivity index (χ1v) is 44.9. The number of H-pyrrole nitrogens is 1. The predicted molar refractivity (Wildman–Crippen MR) is 519 cm³/mol. The van der Waals surface area contributed by atoms with Crippen LogP contribution in [-0.4, -0.2) is 140 Å². The van der Waals surface area contributed by atoms with Crippen molar-refractivity contribution in [2.24, 2.45) is 11.5 Å². The first-order valence-electron chi connectivity index (χ1n) is 44.9. The monoisotopic (exact) mass is 1880 g/mol. The Bertz CT molecular complexity index is 6670. The molecule has 141 heavy (non-hydrogen) atoms. The Hall–Kier alpha value is -18.4. The minimum atomic E-state index is -1.28. The van der Waals surface area contributed by atoms with E-state index >= 15 is 0 Å². The van der Waals surface area contributed by atoms with Gasteiger partial charge in [-0.3, -0.25) is 67.5 Å². The molecule has 0 spiro atoms. The molecule has 29 nitrogen and oxygen atoms in total. The molecule has 704 valence electrons. The fourth-order valence-corrected chi connectivity index (χ4v) is 15.9. The Morgan fingerprint density at radius 1 is 0.298 bits per heavy atom. The van der Waals surface area contributed by atoms with E-state index in [0.29, 0.717) is 102 Å². The highest BCUT2D eigenvalue weighted by Gasteiger charge is 2.46. The van der Waals surface area contributed by atoms with E-state index in [9.17, 15) is 63.1 Å². The molecule has 14 aromatic carbocycles. The number of carbonyl (C=O) groups excluding carboxylic acids is 9. The molecule has 0 bridgehead atoms. The first-order chi connectivity index (χ1) is 68.6. The van der Waals surface area contributed by atoms with Gasteiger partial charge in [0, 0.05) is 25.7 Å². The molecule has 5 heterocycles. The van der Waals surface area contributed by atoms with Crippen molar-refractivity contribution in [1.82, 2.24) is 40.2 Å². The quantitative estimate of drug-likeness (QED) is 0.0238. The maximum Gasteiger partial charge on any atom is 0.327 e. The zero-order chi connectivity index (χ0) is 98.7. The molecule has 19 rings (SSSR count). The maximum absolute atomic E-state index is 13.0. The average Bonchev–Trinajstić information content (AvgIpc) is 1.53. The Morgan fingerprint density at radius 3 is 0.794 bits per heavy atom. The summed E-state index contributed by atoms with van der Waals surface area (Å²) >= 11 is 0. The van der Waals surface area contributed by atoms with E-state index in [2.05, 4.69) is 26.7 Å². The van der Waals surface area contributed by atoms with E-state index in [1.165, 1.54) is 17.0 Å². The number of benzene rings is 14. The number of carboxylic acid groups (broad SMARTS) is 2. The first kappa shape index (κ1) is 97.1. The van der Waals surface area contributed by atoms with Gasteiger partial charge >= 0.3 is 11.9 Å². The molecule has 4 aliphatic rings.